The van der Waals surface area contributed by atoms with Crippen LogP contribution >= 0.6 is 23.1 Å². The first-order valence-electron chi connectivity index (χ1n) is 10.2. The van der Waals surface area contributed by atoms with E-state index < -0.39 is 34.3 Å². The van der Waals surface area contributed by atoms with Crippen LogP contribution in [0.1, 0.15) is 63.9 Å². The Morgan fingerprint density at radius 2 is 1.41 bits per heavy atom. The Morgan fingerprint density at radius 1 is 0.812 bits per heavy atom. The highest BCUT2D eigenvalue weighted by Crippen LogP contribution is 2.66. The molecule has 2 aliphatic rings. The summed E-state index contributed by atoms with van der Waals surface area (Å²) in [5.41, 5.74) is -0.334. The number of hydrogen-bond acceptors (Lipinski definition) is 2. The summed E-state index contributed by atoms with van der Waals surface area (Å²) >= 11 is 2.46. The smallest absolute Gasteiger partial charge is 0.194 e. The van der Waals surface area contributed by atoms with Gasteiger partial charge in [-0.2, -0.15) is 38.1 Å². The van der Waals surface area contributed by atoms with Crippen LogP contribution in [0.2, 0.25) is 0 Å². The lowest BCUT2D eigenvalue weighted by Crippen LogP contribution is -2.49. The summed E-state index contributed by atoms with van der Waals surface area (Å²) in [6.45, 7) is 10.5. The molecule has 0 nitrogen and oxygen atoms in total. The molecule has 32 heavy (non-hydrogen) atoms. The average Bonchev–Trinajstić information content (AvgIpc) is 2.97. The van der Waals surface area contributed by atoms with Crippen LogP contribution in [-0.4, -0.2) is 17.8 Å². The van der Waals surface area contributed by atoms with Crippen LogP contribution in [0.4, 0.5) is 26.3 Å². The Bertz CT molecular complexity index is 1150. The average molecular weight is 491 g/mol. The first kappa shape index (κ1) is 23.7. The molecular weight excluding hydrogens is 466 g/mol. The number of thiophene rings is 1. The second kappa shape index (κ2) is 7.05. The highest BCUT2D eigenvalue weighted by Gasteiger charge is 2.80. The zero-order chi connectivity index (χ0) is 24.0. The maximum absolute atomic E-state index is 15.3. The maximum Gasteiger partial charge on any atom is 0.380 e. The third-order valence-electron chi connectivity index (χ3n) is 6.52. The molecule has 4 bridgehead atoms. The fourth-order valence-corrected chi connectivity index (χ4v) is 7.02. The second-order valence-corrected chi connectivity index (χ2v) is 11.8. The van der Waals surface area contributed by atoms with Gasteiger partial charge in [0.15, 0.2) is 0 Å². The van der Waals surface area contributed by atoms with E-state index in [9.17, 15) is 8.78 Å². The van der Waals surface area contributed by atoms with Crippen LogP contribution < -0.4 is 0 Å². The molecule has 8 heteroatoms. The fourth-order valence-electron chi connectivity index (χ4n) is 4.41. The van der Waals surface area contributed by atoms with Gasteiger partial charge in [0, 0.05) is 26.8 Å². The van der Waals surface area contributed by atoms with E-state index in [0.29, 0.717) is 38.6 Å². The van der Waals surface area contributed by atoms with Crippen molar-refractivity contribution >= 4 is 34.2 Å². The van der Waals surface area contributed by atoms with E-state index >= 15 is 17.6 Å². The molecule has 174 valence electrons. The Hall–Kier alpha value is -1.41. The van der Waals surface area contributed by atoms with Crippen LogP contribution in [0.15, 0.2) is 12.1 Å². The Labute approximate surface area is 192 Å². The van der Waals surface area contributed by atoms with Gasteiger partial charge in [-0.15, -0.1) is 11.3 Å². The second-order valence-electron chi connectivity index (χ2n) is 9.61. The van der Waals surface area contributed by atoms with Crippen molar-refractivity contribution in [2.75, 3.05) is 0 Å². The summed E-state index contributed by atoms with van der Waals surface area (Å²) in [5, 5.41) is 0. The van der Waals surface area contributed by atoms with Crippen LogP contribution in [0.5, 0.6) is 0 Å². The highest BCUT2D eigenvalue weighted by atomic mass is 32.2. The molecule has 0 saturated heterocycles. The molecule has 1 aromatic heterocycles. The lowest BCUT2D eigenvalue weighted by molar-refractivity contribution is -0.254. The van der Waals surface area contributed by atoms with Gasteiger partial charge in [0.2, 0.25) is 0 Å². The summed E-state index contributed by atoms with van der Waals surface area (Å²) in [4.78, 5) is 0.515. The SMILES string of the molecule is Cc1sc2c(C)c1CSCc1cc(C(C)(C)C)cc(c1C)C1=C2C(F)(F)C(F)(F)C1(F)F. The number of alkyl halides is 6. The van der Waals surface area contributed by atoms with Crippen LogP contribution in [-0.2, 0) is 16.9 Å². The first-order chi connectivity index (χ1) is 14.5. The van der Waals surface area contributed by atoms with Crippen LogP contribution in [0.3, 0.4) is 0 Å². The number of aryl methyl sites for hydroxylation is 1. The molecule has 2 heterocycles. The summed E-state index contributed by atoms with van der Waals surface area (Å²) in [6.07, 6.45) is 0. The van der Waals surface area contributed by atoms with Gasteiger partial charge in [0.05, 0.1) is 5.57 Å². The summed E-state index contributed by atoms with van der Waals surface area (Å²) in [6, 6.07) is 3.28. The molecule has 0 radical (unpaired) electrons. The first-order valence-corrected chi connectivity index (χ1v) is 12.2. The molecule has 0 amide bonds. The van der Waals surface area contributed by atoms with Gasteiger partial charge in [0.1, 0.15) is 0 Å². The number of hydrogen-bond donors (Lipinski definition) is 0. The maximum atomic E-state index is 15.3. The lowest BCUT2D eigenvalue weighted by Gasteiger charge is -2.27. The number of halogens is 6. The van der Waals surface area contributed by atoms with E-state index in [1.807, 2.05) is 26.8 Å². The van der Waals surface area contributed by atoms with E-state index in [1.54, 1.807) is 32.5 Å². The third kappa shape index (κ3) is 3.04. The number of allylic oxidation sites excluding steroid dienone is 2. The predicted octanol–water partition coefficient (Wildman–Crippen LogP) is 8.55. The molecule has 0 saturated carbocycles. The number of benzene rings is 1. The normalized spacial score (nSPS) is 21.4. The van der Waals surface area contributed by atoms with Crippen molar-refractivity contribution in [2.45, 2.75) is 76.2 Å². The van der Waals surface area contributed by atoms with Gasteiger partial charge in [-0.1, -0.05) is 32.9 Å². The molecule has 0 spiro atoms. The van der Waals surface area contributed by atoms with E-state index in [4.69, 9.17) is 0 Å². The van der Waals surface area contributed by atoms with E-state index in [2.05, 4.69) is 0 Å². The van der Waals surface area contributed by atoms with Gasteiger partial charge in [-0.25, -0.2) is 0 Å². The van der Waals surface area contributed by atoms with Crippen molar-refractivity contribution in [1.29, 1.82) is 0 Å². The van der Waals surface area contributed by atoms with E-state index in [-0.39, 0.29) is 10.4 Å². The van der Waals surface area contributed by atoms with Crippen molar-refractivity contribution in [1.82, 2.24) is 0 Å². The Kier molecular flexibility index (Phi) is 5.23. The minimum absolute atomic E-state index is 0.168. The van der Waals surface area contributed by atoms with Gasteiger partial charge < -0.3 is 0 Å². The van der Waals surface area contributed by atoms with Crippen LogP contribution in [0, 0.1) is 20.8 Å². The minimum Gasteiger partial charge on any atom is -0.194 e. The van der Waals surface area contributed by atoms with E-state index in [1.165, 1.54) is 6.07 Å². The molecule has 0 N–H and O–H groups in total. The zero-order valence-corrected chi connectivity index (χ0v) is 20.3. The number of thioether (sulfide) groups is 1. The Balaban J connectivity index is 2.22. The van der Waals surface area contributed by atoms with Crippen molar-refractivity contribution < 1.29 is 26.3 Å². The summed E-state index contributed by atoms with van der Waals surface area (Å²) < 4.78 is 90.5. The molecule has 4 rings (SSSR count). The predicted molar refractivity (Wildman–Crippen MR) is 120 cm³/mol. The molecule has 1 aliphatic heterocycles. The van der Waals surface area contributed by atoms with Crippen LogP contribution in [0.25, 0.3) is 11.1 Å². The van der Waals surface area contributed by atoms with Crippen molar-refractivity contribution in [3.63, 3.8) is 0 Å². The van der Waals surface area contributed by atoms with Crippen molar-refractivity contribution in [2.24, 2.45) is 0 Å². The van der Waals surface area contributed by atoms with Gasteiger partial charge >= 0.3 is 17.8 Å². The minimum atomic E-state index is -5.53. The van der Waals surface area contributed by atoms with Gasteiger partial charge in [0.25, 0.3) is 0 Å². The fraction of sp³-hybridized carbons (Fsp3) is 0.500. The third-order valence-corrected chi connectivity index (χ3v) is 8.80. The van der Waals surface area contributed by atoms with E-state index in [0.717, 1.165) is 16.9 Å². The van der Waals surface area contributed by atoms with Gasteiger partial charge in [-0.05, 0) is 59.6 Å². The number of rotatable bonds is 0. The number of fused-ring (bicyclic) bond motifs is 6. The molecular formula is C24H24F6S2. The Morgan fingerprint density at radius 3 is 2.00 bits per heavy atom. The monoisotopic (exact) mass is 490 g/mol. The lowest BCUT2D eigenvalue weighted by atomic mass is 9.81. The molecule has 0 unspecified atom stereocenters. The molecule has 0 fully saturated rings. The molecule has 1 aromatic carbocycles. The van der Waals surface area contributed by atoms with Gasteiger partial charge in [-0.3, -0.25) is 0 Å². The topological polar surface area (TPSA) is 0 Å². The summed E-state index contributed by atoms with van der Waals surface area (Å²) in [7, 11) is 0. The zero-order valence-electron chi connectivity index (χ0n) is 18.7. The molecule has 1 aliphatic carbocycles. The molecule has 2 aromatic rings. The molecule has 0 atom stereocenters. The standard InChI is InChI=1S/C24H24F6S2/c1-11-14-7-15(21(4,5)6)8-16(11)18-19(23(27,28)24(29,30)22(18,25)26)20-12(2)17(10-31-9-14)13(3)32-20/h7-8H,9-10H2,1-6H3. The quantitative estimate of drug-likeness (QED) is 0.334. The summed E-state index contributed by atoms with van der Waals surface area (Å²) in [5.74, 6) is -14.6. The van der Waals surface area contributed by atoms with Crippen molar-refractivity contribution in [3.8, 4) is 0 Å². The largest absolute Gasteiger partial charge is 0.380 e. The highest BCUT2D eigenvalue weighted by molar-refractivity contribution is 7.97. The van der Waals surface area contributed by atoms with Crippen molar-refractivity contribution in [3.05, 3.63) is 55.3 Å².